The van der Waals surface area contributed by atoms with E-state index in [0.29, 0.717) is 47.8 Å². The van der Waals surface area contributed by atoms with E-state index in [4.69, 9.17) is 11.6 Å². The van der Waals surface area contributed by atoms with Crippen LogP contribution in [-0.4, -0.2) is 67.6 Å². The number of carbonyl (C=O) groups excluding carboxylic acids is 4. The summed E-state index contributed by atoms with van der Waals surface area (Å²) in [6.45, 7) is 0.934. The van der Waals surface area contributed by atoms with Crippen molar-refractivity contribution in [3.8, 4) is 17.0 Å². The molecule has 0 spiro atoms. The molecule has 1 fully saturated rings. The number of piperidine rings is 1. The number of fused-ring (bicyclic) bond motifs is 1. The standard InChI is InChI=1S/C33H30ClF2N7O5S/c34-33(35,36)48-21-8-6-20(7-9-21)40-30(45)19-16-23(25-12-14-39-42-25)29(38-17-19)37-13-1-2-15-49-27-5-3-4-22-24(27)18-43(32(22)47)26-10-11-28(44)41-31(26)46/h3-9,12,14,16-17,26H,1-2,10-11,13,15,18H2,(H,37,38)(H,39,42)(H,40,45)(H,41,44,46). The molecule has 49 heavy (non-hydrogen) atoms. The van der Waals surface area contributed by atoms with E-state index in [9.17, 15) is 28.0 Å². The Kier molecular flexibility index (Phi) is 10.1. The number of alkyl halides is 3. The summed E-state index contributed by atoms with van der Waals surface area (Å²) in [7, 11) is 0. The van der Waals surface area contributed by atoms with E-state index in [1.54, 1.807) is 41.1 Å². The maximum atomic E-state index is 13.1. The van der Waals surface area contributed by atoms with Crippen molar-refractivity contribution in [2.75, 3.05) is 22.9 Å². The number of imide groups is 1. The molecule has 1 unspecified atom stereocenters. The maximum absolute atomic E-state index is 13.1. The number of nitrogens with one attached hydrogen (secondary N) is 4. The number of carbonyl (C=O) groups is 4. The number of ether oxygens (including phenoxy) is 1. The van der Waals surface area contributed by atoms with Gasteiger partial charge in [0, 0.05) is 65.2 Å². The highest BCUT2D eigenvalue weighted by Gasteiger charge is 2.39. The molecule has 2 aromatic carbocycles. The van der Waals surface area contributed by atoms with Gasteiger partial charge in [0.2, 0.25) is 11.8 Å². The molecule has 4 heterocycles. The number of thioether (sulfide) groups is 1. The molecule has 0 bridgehead atoms. The number of halogens is 3. The van der Waals surface area contributed by atoms with E-state index in [-0.39, 0.29) is 29.5 Å². The van der Waals surface area contributed by atoms with Crippen molar-refractivity contribution in [3.05, 3.63) is 83.7 Å². The van der Waals surface area contributed by atoms with Gasteiger partial charge in [-0.25, -0.2) is 4.98 Å². The Hall–Kier alpha value is -5.02. The first kappa shape index (κ1) is 33.9. The summed E-state index contributed by atoms with van der Waals surface area (Å²) in [4.78, 5) is 57.1. The van der Waals surface area contributed by atoms with Gasteiger partial charge in [0.15, 0.2) is 0 Å². The fourth-order valence-electron chi connectivity index (χ4n) is 5.59. The lowest BCUT2D eigenvalue weighted by Gasteiger charge is -2.29. The topological polar surface area (TPSA) is 158 Å². The number of anilines is 2. The molecule has 2 aromatic heterocycles. The average molecular weight is 710 g/mol. The second-order valence-electron chi connectivity index (χ2n) is 11.3. The highest BCUT2D eigenvalue weighted by Crippen LogP contribution is 2.35. The van der Waals surface area contributed by atoms with Gasteiger partial charge < -0.3 is 20.3 Å². The van der Waals surface area contributed by atoms with E-state index in [2.05, 4.69) is 35.9 Å². The summed E-state index contributed by atoms with van der Waals surface area (Å²) in [5, 5.41) is 15.3. The summed E-state index contributed by atoms with van der Waals surface area (Å²) < 4.78 is 30.1. The lowest BCUT2D eigenvalue weighted by Crippen LogP contribution is -2.52. The maximum Gasteiger partial charge on any atom is 0.487 e. The SMILES string of the molecule is O=C1CCC(N2Cc3c(SCCCCNc4ncc(C(=O)Nc5ccc(OC(F)(F)Cl)cc5)cc4-c4ccn[nH]4)cccc3C2=O)C(=O)N1. The van der Waals surface area contributed by atoms with Crippen LogP contribution in [0.2, 0.25) is 0 Å². The number of benzene rings is 2. The first-order valence-corrected chi connectivity index (χ1v) is 16.7. The van der Waals surface area contributed by atoms with Crippen LogP contribution >= 0.6 is 23.4 Å². The Morgan fingerprint density at radius 3 is 2.65 bits per heavy atom. The number of pyridine rings is 1. The largest absolute Gasteiger partial charge is 0.487 e. The van der Waals surface area contributed by atoms with Gasteiger partial charge in [0.05, 0.1) is 11.3 Å². The lowest BCUT2D eigenvalue weighted by atomic mass is 10.0. The van der Waals surface area contributed by atoms with Crippen LogP contribution in [0.5, 0.6) is 5.75 Å². The van der Waals surface area contributed by atoms with Crippen LogP contribution in [0, 0.1) is 0 Å². The molecular formula is C33H30ClF2N7O5S. The lowest BCUT2D eigenvalue weighted by molar-refractivity contribution is -0.136. The van der Waals surface area contributed by atoms with E-state index in [0.717, 1.165) is 29.1 Å². The quantitative estimate of drug-likeness (QED) is 0.0597. The Morgan fingerprint density at radius 2 is 1.92 bits per heavy atom. The summed E-state index contributed by atoms with van der Waals surface area (Å²) in [5.41, 5.74) is -0.431. The van der Waals surface area contributed by atoms with Crippen LogP contribution < -0.4 is 20.7 Å². The van der Waals surface area contributed by atoms with Gasteiger partial charge in [0.25, 0.3) is 11.8 Å². The van der Waals surface area contributed by atoms with E-state index < -0.39 is 23.4 Å². The molecule has 6 rings (SSSR count). The van der Waals surface area contributed by atoms with Gasteiger partial charge in [-0.15, -0.1) is 20.5 Å². The minimum absolute atomic E-state index is 0.159. The Labute approximate surface area is 288 Å². The van der Waals surface area contributed by atoms with Crippen molar-refractivity contribution in [2.45, 2.75) is 48.7 Å². The van der Waals surface area contributed by atoms with Crippen LogP contribution in [-0.2, 0) is 16.1 Å². The molecule has 12 nitrogen and oxygen atoms in total. The van der Waals surface area contributed by atoms with Crippen LogP contribution in [0.1, 0.15) is 52.0 Å². The number of rotatable bonds is 13. The summed E-state index contributed by atoms with van der Waals surface area (Å²) in [6.07, 6.45) is 5.23. The van der Waals surface area contributed by atoms with Gasteiger partial charge in [-0.05, 0) is 79.1 Å². The third-order valence-corrected chi connectivity index (χ3v) is 9.21. The molecule has 1 saturated heterocycles. The van der Waals surface area contributed by atoms with E-state index in [1.807, 2.05) is 12.1 Å². The number of hydrogen-bond acceptors (Lipinski definition) is 9. The summed E-state index contributed by atoms with van der Waals surface area (Å²) >= 11 is 6.45. The number of H-pyrrole nitrogens is 1. The molecule has 0 aliphatic carbocycles. The predicted octanol–water partition coefficient (Wildman–Crippen LogP) is 5.64. The first-order valence-electron chi connectivity index (χ1n) is 15.4. The third kappa shape index (κ3) is 8.17. The molecule has 0 radical (unpaired) electrons. The van der Waals surface area contributed by atoms with Crippen molar-refractivity contribution >= 4 is 58.5 Å². The van der Waals surface area contributed by atoms with Crippen LogP contribution in [0.15, 0.2) is 71.9 Å². The van der Waals surface area contributed by atoms with Crippen LogP contribution in [0.25, 0.3) is 11.3 Å². The predicted molar refractivity (Wildman–Crippen MR) is 179 cm³/mol. The number of amides is 4. The molecule has 16 heteroatoms. The van der Waals surface area contributed by atoms with Gasteiger partial charge in [-0.2, -0.15) is 5.10 Å². The number of unbranched alkanes of at least 4 members (excludes halogenated alkanes) is 1. The van der Waals surface area contributed by atoms with Crippen LogP contribution in [0.4, 0.5) is 20.3 Å². The zero-order valence-corrected chi connectivity index (χ0v) is 27.4. The molecule has 254 valence electrons. The van der Waals surface area contributed by atoms with Crippen molar-refractivity contribution in [3.63, 3.8) is 0 Å². The molecular weight excluding hydrogens is 680 g/mol. The number of hydrogen-bond donors (Lipinski definition) is 4. The number of nitrogens with zero attached hydrogens (tertiary/aromatic N) is 3. The number of aromatic amines is 1. The molecule has 2 aliphatic rings. The Balaban J connectivity index is 1.02. The second-order valence-corrected chi connectivity index (χ2v) is 12.9. The highest BCUT2D eigenvalue weighted by atomic mass is 35.5. The minimum Gasteiger partial charge on any atom is -0.420 e. The smallest absolute Gasteiger partial charge is 0.420 e. The minimum atomic E-state index is -3.84. The highest BCUT2D eigenvalue weighted by molar-refractivity contribution is 7.99. The Bertz CT molecular complexity index is 1870. The van der Waals surface area contributed by atoms with E-state index >= 15 is 0 Å². The van der Waals surface area contributed by atoms with Crippen LogP contribution in [0.3, 0.4) is 0 Å². The summed E-state index contributed by atoms with van der Waals surface area (Å²) in [6, 6.07) is 13.7. The van der Waals surface area contributed by atoms with Gasteiger partial charge >= 0.3 is 5.57 Å². The summed E-state index contributed by atoms with van der Waals surface area (Å²) in [5.74, 6) is -0.196. The van der Waals surface area contributed by atoms with Gasteiger partial charge in [-0.1, -0.05) is 6.07 Å². The first-order chi connectivity index (χ1) is 23.6. The molecule has 1 atom stereocenters. The second kappa shape index (κ2) is 14.6. The average Bonchev–Trinajstić information content (AvgIpc) is 3.72. The third-order valence-electron chi connectivity index (χ3n) is 7.95. The van der Waals surface area contributed by atoms with Gasteiger partial charge in [-0.3, -0.25) is 29.6 Å². The normalized spacial score (nSPS) is 15.9. The van der Waals surface area contributed by atoms with Crippen molar-refractivity contribution < 1.29 is 32.7 Å². The number of aromatic nitrogens is 3. The fourth-order valence-corrected chi connectivity index (χ4v) is 6.77. The molecule has 4 amide bonds. The Morgan fingerprint density at radius 1 is 1.10 bits per heavy atom. The van der Waals surface area contributed by atoms with Crippen molar-refractivity contribution in [1.82, 2.24) is 25.4 Å². The molecule has 0 saturated carbocycles. The zero-order valence-electron chi connectivity index (χ0n) is 25.8. The van der Waals surface area contributed by atoms with Gasteiger partial charge in [0.1, 0.15) is 17.6 Å². The fraction of sp³-hybridized carbons (Fsp3) is 0.273. The van der Waals surface area contributed by atoms with Crippen molar-refractivity contribution in [2.24, 2.45) is 0 Å². The monoisotopic (exact) mass is 709 g/mol. The van der Waals surface area contributed by atoms with Crippen molar-refractivity contribution in [1.29, 1.82) is 0 Å². The van der Waals surface area contributed by atoms with E-state index in [1.165, 1.54) is 30.5 Å². The molecule has 4 N–H and O–H groups in total. The molecule has 2 aliphatic heterocycles. The zero-order chi connectivity index (χ0) is 34.5. The molecule has 4 aromatic rings.